The van der Waals surface area contributed by atoms with E-state index >= 15 is 0 Å². The molecule has 0 radical (unpaired) electrons. The molecule has 0 spiro atoms. The number of aromatic nitrogens is 2. The summed E-state index contributed by atoms with van der Waals surface area (Å²) >= 11 is 1.39. The van der Waals surface area contributed by atoms with Gasteiger partial charge in [0.05, 0.1) is 17.5 Å². The maximum Gasteiger partial charge on any atom is 0.231 e. The Morgan fingerprint density at radius 3 is 2.63 bits per heavy atom. The van der Waals surface area contributed by atoms with Gasteiger partial charge in [0.1, 0.15) is 5.54 Å². The topological polar surface area (TPSA) is 81.6 Å². The molecule has 1 aliphatic rings. The molecule has 1 heterocycles. The van der Waals surface area contributed by atoms with E-state index in [-0.39, 0.29) is 11.7 Å². The van der Waals surface area contributed by atoms with Gasteiger partial charge in [-0.2, -0.15) is 5.26 Å². The molecule has 1 aromatic carbocycles. The molecule has 6 heteroatoms. The summed E-state index contributed by atoms with van der Waals surface area (Å²) in [5, 5.41) is 13.3. The second kappa shape index (κ2) is 9.09. The van der Waals surface area contributed by atoms with Gasteiger partial charge in [-0.3, -0.25) is 4.79 Å². The molecule has 142 valence electrons. The number of benzene rings is 1. The highest BCUT2D eigenvalue weighted by molar-refractivity contribution is 7.99. The van der Waals surface area contributed by atoms with E-state index in [4.69, 9.17) is 0 Å². The molecule has 0 atom stereocenters. The predicted octanol–water partition coefficient (Wildman–Crippen LogP) is 4.13. The number of nitrogens with zero attached hydrogens (tertiary/aromatic N) is 2. The van der Waals surface area contributed by atoms with Crippen molar-refractivity contribution in [3.05, 3.63) is 47.3 Å². The third kappa shape index (κ3) is 5.36. The fraction of sp³-hybridized carbons (Fsp3) is 0.476. The first kappa shape index (κ1) is 19.5. The Morgan fingerprint density at radius 2 is 1.96 bits per heavy atom. The number of hydrogen-bond donors (Lipinski definition) is 2. The van der Waals surface area contributed by atoms with Gasteiger partial charge < -0.3 is 10.3 Å². The summed E-state index contributed by atoms with van der Waals surface area (Å²) in [6.07, 6.45) is 6.56. The average molecular weight is 383 g/mol. The minimum absolute atomic E-state index is 0.0953. The number of rotatable bonds is 6. The number of amides is 1. The minimum Gasteiger partial charge on any atom is -0.337 e. The van der Waals surface area contributed by atoms with E-state index in [1.54, 1.807) is 0 Å². The van der Waals surface area contributed by atoms with Gasteiger partial charge in [0, 0.05) is 12.1 Å². The number of H-pyrrole nitrogens is 1. The normalized spacial score (nSPS) is 16.3. The molecule has 1 saturated carbocycles. The van der Waals surface area contributed by atoms with E-state index in [0.29, 0.717) is 0 Å². The number of nitriles is 1. The summed E-state index contributed by atoms with van der Waals surface area (Å²) < 4.78 is 0. The first-order chi connectivity index (χ1) is 13.1. The molecule has 3 rings (SSSR count). The molecule has 0 bridgehead atoms. The van der Waals surface area contributed by atoms with Crippen molar-refractivity contribution in [2.75, 3.05) is 5.75 Å². The van der Waals surface area contributed by atoms with Crippen LogP contribution in [0.2, 0.25) is 0 Å². The van der Waals surface area contributed by atoms with Crippen molar-refractivity contribution in [2.45, 2.75) is 62.6 Å². The fourth-order valence-electron chi connectivity index (χ4n) is 3.53. The third-order valence-electron chi connectivity index (χ3n) is 5.07. The van der Waals surface area contributed by atoms with E-state index in [9.17, 15) is 10.1 Å². The summed E-state index contributed by atoms with van der Waals surface area (Å²) in [5.41, 5.74) is 2.55. The highest BCUT2D eigenvalue weighted by atomic mass is 32.2. The van der Waals surface area contributed by atoms with Crippen LogP contribution in [0.1, 0.15) is 55.5 Å². The van der Waals surface area contributed by atoms with E-state index < -0.39 is 5.54 Å². The van der Waals surface area contributed by atoms with Crippen molar-refractivity contribution in [3.8, 4) is 6.07 Å². The summed E-state index contributed by atoms with van der Waals surface area (Å²) in [6.45, 7) is 2.01. The molecular formula is C21H26N4OS. The van der Waals surface area contributed by atoms with Gasteiger partial charge in [0.15, 0.2) is 5.16 Å². The quantitative estimate of drug-likeness (QED) is 0.581. The Kier molecular flexibility index (Phi) is 6.57. The first-order valence-electron chi connectivity index (χ1n) is 9.55. The minimum atomic E-state index is -0.689. The molecule has 1 fully saturated rings. The van der Waals surface area contributed by atoms with Crippen molar-refractivity contribution >= 4 is 17.7 Å². The smallest absolute Gasteiger partial charge is 0.231 e. The molecule has 0 saturated heterocycles. The van der Waals surface area contributed by atoms with Gasteiger partial charge >= 0.3 is 0 Å². The standard InChI is InChI=1S/C21H26N4OS/c1-16-18(13-17-9-5-4-6-10-17)24-20(23-16)27-14-19(26)25-21(15-22)11-7-2-3-8-12-21/h4-6,9-10H,2-3,7-8,11-14H2,1H3,(H,23,24)(H,25,26). The number of hydrogen-bond acceptors (Lipinski definition) is 4. The summed E-state index contributed by atoms with van der Waals surface area (Å²) in [5.74, 6) is 0.170. The number of nitrogens with one attached hydrogen (secondary N) is 2. The van der Waals surface area contributed by atoms with Crippen molar-refractivity contribution in [2.24, 2.45) is 0 Å². The van der Waals surface area contributed by atoms with Gasteiger partial charge in [0.25, 0.3) is 0 Å². The zero-order valence-corrected chi connectivity index (χ0v) is 16.6. The number of imidazole rings is 1. The van der Waals surface area contributed by atoms with Crippen LogP contribution in [0, 0.1) is 18.3 Å². The molecule has 2 aromatic rings. The SMILES string of the molecule is Cc1[nH]c(SCC(=O)NC2(C#N)CCCCCC2)nc1Cc1ccccc1. The van der Waals surface area contributed by atoms with Crippen LogP contribution in [0.4, 0.5) is 0 Å². The van der Waals surface area contributed by atoms with Crippen LogP contribution in [-0.4, -0.2) is 27.2 Å². The van der Waals surface area contributed by atoms with E-state index in [2.05, 4.69) is 33.5 Å². The van der Waals surface area contributed by atoms with Gasteiger partial charge in [-0.15, -0.1) is 0 Å². The number of carbonyl (C=O) groups excluding carboxylic acids is 1. The second-order valence-corrected chi connectivity index (χ2v) is 8.19. The lowest BCUT2D eigenvalue weighted by Gasteiger charge is -2.26. The van der Waals surface area contributed by atoms with Gasteiger partial charge in [-0.25, -0.2) is 4.98 Å². The maximum atomic E-state index is 12.4. The summed E-state index contributed by atoms with van der Waals surface area (Å²) in [7, 11) is 0. The zero-order valence-electron chi connectivity index (χ0n) is 15.8. The Balaban J connectivity index is 1.56. The summed E-state index contributed by atoms with van der Waals surface area (Å²) in [6, 6.07) is 12.6. The number of carbonyl (C=O) groups is 1. The molecule has 0 aliphatic heterocycles. The molecule has 1 amide bonds. The zero-order chi connectivity index (χ0) is 19.1. The highest BCUT2D eigenvalue weighted by Crippen LogP contribution is 2.27. The average Bonchev–Trinajstić information content (AvgIpc) is 2.88. The predicted molar refractivity (Wildman–Crippen MR) is 107 cm³/mol. The van der Waals surface area contributed by atoms with Crippen molar-refractivity contribution in [3.63, 3.8) is 0 Å². The fourth-order valence-corrected chi connectivity index (χ4v) is 4.27. The molecule has 1 aliphatic carbocycles. The van der Waals surface area contributed by atoms with Crippen LogP contribution in [0.5, 0.6) is 0 Å². The molecule has 27 heavy (non-hydrogen) atoms. The third-order valence-corrected chi connectivity index (χ3v) is 5.94. The van der Waals surface area contributed by atoms with E-state index in [1.165, 1.54) is 17.3 Å². The van der Waals surface area contributed by atoms with E-state index in [1.807, 2.05) is 25.1 Å². The maximum absolute atomic E-state index is 12.4. The number of aryl methyl sites for hydroxylation is 1. The molecule has 5 nitrogen and oxygen atoms in total. The Hall–Kier alpha value is -2.26. The first-order valence-corrected chi connectivity index (χ1v) is 10.5. The van der Waals surface area contributed by atoms with Crippen LogP contribution in [-0.2, 0) is 11.2 Å². The lowest BCUT2D eigenvalue weighted by molar-refractivity contribution is -0.120. The monoisotopic (exact) mass is 382 g/mol. The van der Waals surface area contributed by atoms with E-state index in [0.717, 1.165) is 61.5 Å². The lowest BCUT2D eigenvalue weighted by atomic mass is 9.92. The van der Waals surface area contributed by atoms with Crippen LogP contribution in [0.25, 0.3) is 0 Å². The van der Waals surface area contributed by atoms with Crippen LogP contribution in [0.15, 0.2) is 35.5 Å². The number of aromatic amines is 1. The molecular weight excluding hydrogens is 356 g/mol. The highest BCUT2D eigenvalue weighted by Gasteiger charge is 2.32. The van der Waals surface area contributed by atoms with Crippen LogP contribution < -0.4 is 5.32 Å². The second-order valence-electron chi connectivity index (χ2n) is 7.22. The van der Waals surface area contributed by atoms with Gasteiger partial charge in [-0.05, 0) is 25.3 Å². The lowest BCUT2D eigenvalue weighted by Crippen LogP contribution is -2.47. The summed E-state index contributed by atoms with van der Waals surface area (Å²) in [4.78, 5) is 20.3. The molecule has 2 N–H and O–H groups in total. The van der Waals surface area contributed by atoms with Crippen molar-refractivity contribution in [1.82, 2.24) is 15.3 Å². The van der Waals surface area contributed by atoms with Gasteiger partial charge in [0.2, 0.25) is 5.91 Å². The number of thioether (sulfide) groups is 1. The largest absolute Gasteiger partial charge is 0.337 e. The van der Waals surface area contributed by atoms with Gasteiger partial charge in [-0.1, -0.05) is 67.8 Å². The molecule has 1 aromatic heterocycles. The molecule has 0 unspecified atom stereocenters. The van der Waals surface area contributed by atoms with Crippen LogP contribution in [0.3, 0.4) is 0 Å². The van der Waals surface area contributed by atoms with Crippen molar-refractivity contribution < 1.29 is 4.79 Å². The van der Waals surface area contributed by atoms with Crippen LogP contribution >= 0.6 is 11.8 Å². The Labute approximate surface area is 165 Å². The Morgan fingerprint density at radius 1 is 1.26 bits per heavy atom. The van der Waals surface area contributed by atoms with Crippen molar-refractivity contribution in [1.29, 1.82) is 5.26 Å². The Bertz CT molecular complexity index is 801.